The van der Waals surface area contributed by atoms with Crippen LogP contribution in [0.5, 0.6) is 17.2 Å². The summed E-state index contributed by atoms with van der Waals surface area (Å²) < 4.78 is 40.6. The molecule has 0 heterocycles. The van der Waals surface area contributed by atoms with Gasteiger partial charge in [-0.2, -0.15) is 8.78 Å². The number of guanidine groups is 1. The number of nitrogens with two attached hydrogens (primary N) is 1. The molecule has 0 radical (unpaired) electrons. The summed E-state index contributed by atoms with van der Waals surface area (Å²) in [5.41, 5.74) is 6.98. The zero-order chi connectivity index (χ0) is 19.1. The van der Waals surface area contributed by atoms with Gasteiger partial charge in [0.15, 0.2) is 17.5 Å². The van der Waals surface area contributed by atoms with Crippen LogP contribution in [-0.2, 0) is 6.54 Å². The molecule has 10 heteroatoms. The SMILES string of the molecule is COc1ccc(NC(N)=NCc2cc(Br)ccc2OC(F)F)cc1OC.I. The van der Waals surface area contributed by atoms with E-state index in [0.717, 1.165) is 4.47 Å². The van der Waals surface area contributed by atoms with Crippen LogP contribution >= 0.6 is 39.9 Å². The molecule has 0 bridgehead atoms. The molecule has 0 atom stereocenters. The maximum atomic E-state index is 12.5. The summed E-state index contributed by atoms with van der Waals surface area (Å²) in [6.45, 7) is -2.85. The van der Waals surface area contributed by atoms with E-state index in [1.165, 1.54) is 20.3 Å². The van der Waals surface area contributed by atoms with Crippen LogP contribution in [0.1, 0.15) is 5.56 Å². The van der Waals surface area contributed by atoms with E-state index in [9.17, 15) is 8.78 Å². The molecule has 6 nitrogen and oxygen atoms in total. The molecule has 0 spiro atoms. The number of nitrogens with one attached hydrogen (secondary N) is 1. The number of alkyl halides is 2. The van der Waals surface area contributed by atoms with Gasteiger partial charge in [-0.3, -0.25) is 0 Å². The van der Waals surface area contributed by atoms with Gasteiger partial charge in [-0.15, -0.1) is 24.0 Å². The summed E-state index contributed by atoms with van der Waals surface area (Å²) in [4.78, 5) is 4.16. The van der Waals surface area contributed by atoms with Gasteiger partial charge in [0.05, 0.1) is 20.8 Å². The zero-order valence-electron chi connectivity index (χ0n) is 14.5. The van der Waals surface area contributed by atoms with Gasteiger partial charge in [-0.25, -0.2) is 4.99 Å². The molecule has 0 amide bonds. The summed E-state index contributed by atoms with van der Waals surface area (Å²) in [6, 6.07) is 9.86. The van der Waals surface area contributed by atoms with Gasteiger partial charge in [0.2, 0.25) is 0 Å². The van der Waals surface area contributed by atoms with E-state index >= 15 is 0 Å². The number of ether oxygens (including phenoxy) is 3. The minimum absolute atomic E-state index is 0. The minimum atomic E-state index is -2.92. The Labute approximate surface area is 181 Å². The van der Waals surface area contributed by atoms with E-state index in [2.05, 4.69) is 31.0 Å². The second-order valence-electron chi connectivity index (χ2n) is 5.03. The van der Waals surface area contributed by atoms with Crippen molar-refractivity contribution in [1.29, 1.82) is 0 Å². The highest BCUT2D eigenvalue weighted by Gasteiger charge is 2.10. The van der Waals surface area contributed by atoms with Crippen LogP contribution < -0.4 is 25.3 Å². The topological polar surface area (TPSA) is 78.1 Å². The predicted molar refractivity (Wildman–Crippen MR) is 115 cm³/mol. The number of hydrogen-bond acceptors (Lipinski definition) is 4. The van der Waals surface area contributed by atoms with Crippen molar-refractivity contribution in [2.24, 2.45) is 10.7 Å². The van der Waals surface area contributed by atoms with Crippen LogP contribution in [0, 0.1) is 0 Å². The van der Waals surface area contributed by atoms with Gasteiger partial charge >= 0.3 is 6.61 Å². The first-order chi connectivity index (χ1) is 12.4. The Balaban J connectivity index is 0.00000364. The third kappa shape index (κ3) is 7.01. The maximum absolute atomic E-state index is 12.5. The van der Waals surface area contributed by atoms with Gasteiger partial charge in [-0.05, 0) is 30.3 Å². The molecule has 0 aliphatic heterocycles. The lowest BCUT2D eigenvalue weighted by molar-refractivity contribution is -0.0504. The molecule has 27 heavy (non-hydrogen) atoms. The Hall–Kier alpha value is -1.82. The summed E-state index contributed by atoms with van der Waals surface area (Å²) in [5.74, 6) is 1.27. The first-order valence-electron chi connectivity index (χ1n) is 7.45. The number of benzene rings is 2. The number of anilines is 1. The lowest BCUT2D eigenvalue weighted by atomic mass is 10.2. The number of nitrogens with zero attached hydrogens (tertiary/aromatic N) is 1. The van der Waals surface area contributed by atoms with Gasteiger partial charge in [-0.1, -0.05) is 15.9 Å². The third-order valence-corrected chi connectivity index (χ3v) is 3.81. The van der Waals surface area contributed by atoms with Gasteiger partial charge in [0.25, 0.3) is 0 Å². The molecule has 0 aliphatic rings. The van der Waals surface area contributed by atoms with Gasteiger partial charge in [0, 0.05) is 21.8 Å². The number of methoxy groups -OCH3 is 2. The molecule has 2 aromatic rings. The van der Waals surface area contributed by atoms with Crippen LogP contribution in [0.25, 0.3) is 0 Å². The number of hydrogen-bond donors (Lipinski definition) is 2. The van der Waals surface area contributed by atoms with E-state index < -0.39 is 6.61 Å². The lowest BCUT2D eigenvalue weighted by Gasteiger charge is -2.12. The van der Waals surface area contributed by atoms with E-state index in [1.807, 2.05) is 0 Å². The van der Waals surface area contributed by atoms with Crippen molar-refractivity contribution >= 4 is 51.6 Å². The quantitative estimate of drug-likeness (QED) is 0.295. The van der Waals surface area contributed by atoms with Crippen molar-refractivity contribution in [1.82, 2.24) is 0 Å². The van der Waals surface area contributed by atoms with E-state index in [4.69, 9.17) is 15.2 Å². The molecule has 0 aliphatic carbocycles. The average molecular weight is 558 g/mol. The standard InChI is InChI=1S/C17H18BrF2N3O3.HI/c1-24-14-6-4-12(8-15(14)25-2)23-17(21)22-9-10-7-11(18)3-5-13(10)26-16(19)20;/h3-8,16H,9H2,1-2H3,(H3,21,22,23);1H. The van der Waals surface area contributed by atoms with E-state index in [1.54, 1.807) is 30.3 Å². The Morgan fingerprint density at radius 3 is 2.41 bits per heavy atom. The van der Waals surface area contributed by atoms with Crippen LogP contribution in [0.2, 0.25) is 0 Å². The van der Waals surface area contributed by atoms with Crippen LogP contribution in [0.15, 0.2) is 45.9 Å². The highest BCUT2D eigenvalue weighted by atomic mass is 127. The first-order valence-corrected chi connectivity index (χ1v) is 8.24. The Morgan fingerprint density at radius 2 is 1.78 bits per heavy atom. The molecule has 2 aromatic carbocycles. The van der Waals surface area contributed by atoms with Crippen molar-refractivity contribution < 1.29 is 23.0 Å². The Kier molecular flexibility index (Phi) is 9.56. The van der Waals surface area contributed by atoms with Gasteiger partial charge < -0.3 is 25.3 Å². The second-order valence-corrected chi connectivity index (χ2v) is 5.94. The summed E-state index contributed by atoms with van der Waals surface area (Å²) >= 11 is 3.29. The molecule has 0 unspecified atom stereocenters. The van der Waals surface area contributed by atoms with Crippen LogP contribution in [0.3, 0.4) is 0 Å². The van der Waals surface area contributed by atoms with E-state index in [-0.39, 0.29) is 42.2 Å². The number of aliphatic imine (C=N–C) groups is 1. The molecule has 148 valence electrons. The lowest BCUT2D eigenvalue weighted by Crippen LogP contribution is -2.22. The average Bonchev–Trinajstić information content (AvgIpc) is 2.61. The molecule has 0 fully saturated rings. The normalized spacial score (nSPS) is 11.0. The monoisotopic (exact) mass is 557 g/mol. The third-order valence-electron chi connectivity index (χ3n) is 3.31. The van der Waals surface area contributed by atoms with Crippen molar-refractivity contribution in [2.75, 3.05) is 19.5 Å². The minimum Gasteiger partial charge on any atom is -0.493 e. The molecule has 0 aromatic heterocycles. The fourth-order valence-corrected chi connectivity index (χ4v) is 2.56. The fraction of sp³-hybridized carbons (Fsp3) is 0.235. The molecule has 3 N–H and O–H groups in total. The van der Waals surface area contributed by atoms with Gasteiger partial charge in [0.1, 0.15) is 5.75 Å². The maximum Gasteiger partial charge on any atom is 0.387 e. The van der Waals surface area contributed by atoms with Crippen molar-refractivity contribution in [3.05, 3.63) is 46.4 Å². The van der Waals surface area contributed by atoms with E-state index in [0.29, 0.717) is 22.7 Å². The smallest absolute Gasteiger partial charge is 0.387 e. The molecule has 2 rings (SSSR count). The molecular weight excluding hydrogens is 539 g/mol. The summed E-state index contributed by atoms with van der Waals surface area (Å²) in [7, 11) is 3.06. The highest BCUT2D eigenvalue weighted by Crippen LogP contribution is 2.30. The molecule has 0 saturated carbocycles. The first kappa shape index (κ1) is 23.2. The predicted octanol–water partition coefficient (Wildman–Crippen LogP) is 4.61. The Morgan fingerprint density at radius 1 is 1.11 bits per heavy atom. The summed E-state index contributed by atoms with van der Waals surface area (Å²) in [6.07, 6.45) is 0. The highest BCUT2D eigenvalue weighted by molar-refractivity contribution is 14.0. The zero-order valence-corrected chi connectivity index (χ0v) is 18.5. The van der Waals surface area contributed by atoms with Crippen molar-refractivity contribution in [3.8, 4) is 17.2 Å². The fourth-order valence-electron chi connectivity index (χ4n) is 2.15. The number of halogens is 4. The van der Waals surface area contributed by atoms with Crippen molar-refractivity contribution in [3.63, 3.8) is 0 Å². The second kappa shape index (κ2) is 11.1. The molecular formula is C17H19BrF2IN3O3. The number of rotatable bonds is 7. The van der Waals surface area contributed by atoms with Crippen LogP contribution in [-0.4, -0.2) is 26.8 Å². The van der Waals surface area contributed by atoms with Crippen molar-refractivity contribution in [2.45, 2.75) is 13.2 Å². The summed E-state index contributed by atoms with van der Waals surface area (Å²) in [5, 5.41) is 2.90. The largest absolute Gasteiger partial charge is 0.493 e. The molecule has 0 saturated heterocycles. The Bertz CT molecular complexity index is 794. The van der Waals surface area contributed by atoms with Crippen LogP contribution in [0.4, 0.5) is 14.5 Å².